The zero-order valence-electron chi connectivity index (χ0n) is 16.0. The molecule has 25 heavy (non-hydrogen) atoms. The first kappa shape index (κ1) is 24.9. The van der Waals surface area contributed by atoms with E-state index in [9.17, 15) is 4.79 Å². The zero-order valence-corrected chi connectivity index (χ0v) is 17.6. The summed E-state index contributed by atoms with van der Waals surface area (Å²) in [6.45, 7) is 11.3. The quantitative estimate of drug-likeness (QED) is 0.647. The van der Waals surface area contributed by atoms with Crippen LogP contribution in [0.3, 0.4) is 0 Å². The van der Waals surface area contributed by atoms with Gasteiger partial charge in [-0.25, -0.2) is 0 Å². The predicted molar refractivity (Wildman–Crippen MR) is 108 cm³/mol. The molecule has 2 saturated heterocycles. The molecule has 2 aliphatic heterocycles. The SMILES string of the molecule is COCC1(C(=O)NCCCN2CC(C)CC(C)C2)CCNCC1.Cl.Cl. The van der Waals surface area contributed by atoms with Crippen LogP contribution in [0.25, 0.3) is 0 Å². The third-order valence-electron chi connectivity index (χ3n) is 5.34. The molecule has 7 heteroatoms. The molecule has 2 unspecified atom stereocenters. The van der Waals surface area contributed by atoms with E-state index < -0.39 is 0 Å². The van der Waals surface area contributed by atoms with Gasteiger partial charge in [0.25, 0.3) is 0 Å². The van der Waals surface area contributed by atoms with Crippen LogP contribution in [-0.4, -0.2) is 63.8 Å². The Morgan fingerprint density at radius 1 is 1.20 bits per heavy atom. The fraction of sp³-hybridized carbons (Fsp3) is 0.944. The van der Waals surface area contributed by atoms with Crippen molar-refractivity contribution in [2.45, 2.75) is 39.5 Å². The molecule has 0 bridgehead atoms. The lowest BCUT2D eigenvalue weighted by Gasteiger charge is -2.36. The Balaban J connectivity index is 0.00000288. The van der Waals surface area contributed by atoms with E-state index in [0.29, 0.717) is 6.61 Å². The molecule has 0 saturated carbocycles. The van der Waals surface area contributed by atoms with Crippen LogP contribution in [0, 0.1) is 17.3 Å². The number of ether oxygens (including phenoxy) is 1. The maximum Gasteiger partial charge on any atom is 0.228 e. The van der Waals surface area contributed by atoms with E-state index in [2.05, 4.69) is 29.4 Å². The smallest absolute Gasteiger partial charge is 0.228 e. The van der Waals surface area contributed by atoms with Gasteiger partial charge in [-0.15, -0.1) is 24.8 Å². The van der Waals surface area contributed by atoms with E-state index in [1.165, 1.54) is 19.5 Å². The molecule has 2 rings (SSSR count). The first-order chi connectivity index (χ1) is 11.1. The second-order valence-corrected chi connectivity index (χ2v) is 7.78. The molecule has 150 valence electrons. The first-order valence-electron chi connectivity index (χ1n) is 9.26. The van der Waals surface area contributed by atoms with Crippen molar-refractivity contribution in [1.82, 2.24) is 15.5 Å². The minimum Gasteiger partial charge on any atom is -0.384 e. The Morgan fingerprint density at radius 3 is 2.36 bits per heavy atom. The first-order valence-corrected chi connectivity index (χ1v) is 9.26. The largest absolute Gasteiger partial charge is 0.384 e. The number of carbonyl (C=O) groups excluding carboxylic acids is 1. The number of hydrogen-bond acceptors (Lipinski definition) is 4. The van der Waals surface area contributed by atoms with Gasteiger partial charge in [-0.1, -0.05) is 13.8 Å². The lowest BCUT2D eigenvalue weighted by molar-refractivity contribution is -0.136. The van der Waals surface area contributed by atoms with Crippen molar-refractivity contribution in [2.24, 2.45) is 17.3 Å². The molecular formula is C18H37Cl2N3O2. The molecule has 2 heterocycles. The molecule has 5 nitrogen and oxygen atoms in total. The summed E-state index contributed by atoms with van der Waals surface area (Å²) >= 11 is 0. The van der Waals surface area contributed by atoms with Crippen LogP contribution in [0.5, 0.6) is 0 Å². The van der Waals surface area contributed by atoms with Gasteiger partial charge in [0.05, 0.1) is 12.0 Å². The highest BCUT2D eigenvalue weighted by Gasteiger charge is 2.39. The fourth-order valence-corrected chi connectivity index (χ4v) is 4.29. The summed E-state index contributed by atoms with van der Waals surface area (Å²) < 4.78 is 5.33. The standard InChI is InChI=1S/C18H35N3O2.2ClH/c1-15-11-16(2)13-21(12-15)10-4-7-20-17(22)18(14-23-3)5-8-19-9-6-18;;/h15-16,19H,4-14H2,1-3H3,(H,20,22);2*1H. The molecule has 2 aliphatic rings. The Hall–Kier alpha value is -0.0700. The topological polar surface area (TPSA) is 53.6 Å². The number of piperidine rings is 2. The van der Waals surface area contributed by atoms with Gasteiger partial charge < -0.3 is 20.3 Å². The van der Waals surface area contributed by atoms with Gasteiger partial charge in [0.15, 0.2) is 0 Å². The number of rotatable bonds is 7. The van der Waals surface area contributed by atoms with Crippen molar-refractivity contribution >= 4 is 30.7 Å². The number of halogens is 2. The van der Waals surface area contributed by atoms with Crippen molar-refractivity contribution in [1.29, 1.82) is 0 Å². The van der Waals surface area contributed by atoms with Crippen LogP contribution in [0.4, 0.5) is 0 Å². The molecule has 0 spiro atoms. The van der Waals surface area contributed by atoms with Gasteiger partial charge in [-0.2, -0.15) is 0 Å². The second kappa shape index (κ2) is 12.3. The summed E-state index contributed by atoms with van der Waals surface area (Å²) in [7, 11) is 1.69. The normalized spacial score (nSPS) is 26.2. The summed E-state index contributed by atoms with van der Waals surface area (Å²) in [5, 5.41) is 6.50. The molecule has 2 atom stereocenters. The number of hydrogen-bond donors (Lipinski definition) is 2. The lowest BCUT2D eigenvalue weighted by atomic mass is 9.78. The number of methoxy groups -OCH3 is 1. The predicted octanol–water partition coefficient (Wildman–Crippen LogP) is 2.33. The Morgan fingerprint density at radius 2 is 1.80 bits per heavy atom. The summed E-state index contributed by atoms with van der Waals surface area (Å²) in [6, 6.07) is 0. The van der Waals surface area contributed by atoms with Crippen LogP contribution in [0.15, 0.2) is 0 Å². The minimum absolute atomic E-state index is 0. The van der Waals surface area contributed by atoms with Crippen molar-refractivity contribution in [2.75, 3.05) is 53.0 Å². The Labute approximate surface area is 165 Å². The summed E-state index contributed by atoms with van der Waals surface area (Å²) in [4.78, 5) is 15.2. The Kier molecular flexibility index (Phi) is 12.3. The van der Waals surface area contributed by atoms with Gasteiger partial charge in [-0.3, -0.25) is 4.79 Å². The third-order valence-corrected chi connectivity index (χ3v) is 5.34. The average Bonchev–Trinajstić information content (AvgIpc) is 2.51. The molecule has 0 aromatic heterocycles. The average molecular weight is 398 g/mol. The van der Waals surface area contributed by atoms with Crippen molar-refractivity contribution in [3.63, 3.8) is 0 Å². The number of nitrogens with one attached hydrogen (secondary N) is 2. The van der Waals surface area contributed by atoms with Crippen molar-refractivity contribution in [3.8, 4) is 0 Å². The van der Waals surface area contributed by atoms with Crippen molar-refractivity contribution in [3.05, 3.63) is 0 Å². The monoisotopic (exact) mass is 397 g/mol. The highest BCUT2D eigenvalue weighted by atomic mass is 35.5. The van der Waals surface area contributed by atoms with Gasteiger partial charge in [-0.05, 0) is 57.2 Å². The van der Waals surface area contributed by atoms with E-state index in [4.69, 9.17) is 4.74 Å². The number of amides is 1. The van der Waals surface area contributed by atoms with E-state index in [1.54, 1.807) is 7.11 Å². The molecule has 0 aromatic rings. The van der Waals surface area contributed by atoms with Gasteiger partial charge in [0.2, 0.25) is 5.91 Å². The van der Waals surface area contributed by atoms with Crippen LogP contribution >= 0.6 is 24.8 Å². The van der Waals surface area contributed by atoms with Crippen LogP contribution < -0.4 is 10.6 Å². The molecule has 0 aliphatic carbocycles. The van der Waals surface area contributed by atoms with Gasteiger partial charge >= 0.3 is 0 Å². The van der Waals surface area contributed by atoms with E-state index in [0.717, 1.165) is 57.3 Å². The molecule has 0 aromatic carbocycles. The van der Waals surface area contributed by atoms with E-state index >= 15 is 0 Å². The number of carbonyl (C=O) groups is 1. The molecule has 2 fully saturated rings. The maximum absolute atomic E-state index is 12.6. The molecule has 2 N–H and O–H groups in total. The van der Waals surface area contributed by atoms with Gasteiger partial charge in [0.1, 0.15) is 0 Å². The van der Waals surface area contributed by atoms with E-state index in [1.807, 2.05) is 0 Å². The number of nitrogens with zero attached hydrogens (tertiary/aromatic N) is 1. The summed E-state index contributed by atoms with van der Waals surface area (Å²) in [5.41, 5.74) is -0.325. The summed E-state index contributed by atoms with van der Waals surface area (Å²) in [6.07, 6.45) is 4.12. The lowest BCUT2D eigenvalue weighted by Crippen LogP contribution is -2.50. The molecule has 0 radical (unpaired) electrons. The fourth-order valence-electron chi connectivity index (χ4n) is 4.29. The zero-order chi connectivity index (χ0) is 16.7. The molecule has 1 amide bonds. The minimum atomic E-state index is -0.325. The van der Waals surface area contributed by atoms with Crippen LogP contribution in [-0.2, 0) is 9.53 Å². The summed E-state index contributed by atoms with van der Waals surface area (Å²) in [5.74, 6) is 1.78. The van der Waals surface area contributed by atoms with E-state index in [-0.39, 0.29) is 36.1 Å². The highest BCUT2D eigenvalue weighted by molar-refractivity contribution is 5.85. The number of likely N-dealkylation sites (tertiary alicyclic amines) is 1. The van der Waals surface area contributed by atoms with Crippen LogP contribution in [0.1, 0.15) is 39.5 Å². The maximum atomic E-state index is 12.6. The Bertz CT molecular complexity index is 364. The van der Waals surface area contributed by atoms with Gasteiger partial charge in [0, 0.05) is 26.7 Å². The molecular weight excluding hydrogens is 361 g/mol. The van der Waals surface area contributed by atoms with Crippen molar-refractivity contribution < 1.29 is 9.53 Å². The highest BCUT2D eigenvalue weighted by Crippen LogP contribution is 2.29. The third kappa shape index (κ3) is 7.59. The second-order valence-electron chi connectivity index (χ2n) is 7.78. The van der Waals surface area contributed by atoms with Crippen LogP contribution in [0.2, 0.25) is 0 Å².